The van der Waals surface area contributed by atoms with Crippen molar-refractivity contribution in [2.24, 2.45) is 11.8 Å². The largest absolute Gasteiger partial charge is 0.481 e. The number of rotatable bonds is 7. The van der Waals surface area contributed by atoms with Crippen molar-refractivity contribution >= 4 is 5.97 Å². The first-order chi connectivity index (χ1) is 10.0. The Morgan fingerprint density at radius 2 is 2.14 bits per heavy atom. The third-order valence-corrected chi connectivity index (χ3v) is 3.93. The Morgan fingerprint density at radius 3 is 2.81 bits per heavy atom. The van der Waals surface area contributed by atoms with Crippen molar-refractivity contribution in [2.75, 3.05) is 0 Å². The minimum absolute atomic E-state index is 0.0623. The minimum atomic E-state index is -0.837. The second-order valence-electron chi connectivity index (χ2n) is 5.66. The van der Waals surface area contributed by atoms with Crippen LogP contribution >= 0.6 is 0 Å². The van der Waals surface area contributed by atoms with Gasteiger partial charge in [-0.1, -0.05) is 25.5 Å². The van der Waals surface area contributed by atoms with Crippen LogP contribution in [0.5, 0.6) is 0 Å². The molecule has 4 heteroatoms. The average molecular weight is 294 g/mol. The smallest absolute Gasteiger partial charge is 0.304 e. The second kappa shape index (κ2) is 9.59. The molecule has 3 N–H and O–H groups in total. The standard InChI is InChI=1S/C17H26O4/c1-2-6-14(18)11-9-13-10-12-16(19)15(13)7-4-3-5-8-17(20)21/h9,11,13-16,18-19H,2,5-8,10,12H2,1H3,(H,20,21)/b11-9+. The summed E-state index contributed by atoms with van der Waals surface area (Å²) in [5, 5.41) is 28.3. The van der Waals surface area contributed by atoms with Crippen molar-refractivity contribution in [3.63, 3.8) is 0 Å². The van der Waals surface area contributed by atoms with Crippen LogP contribution in [0.3, 0.4) is 0 Å². The summed E-state index contributed by atoms with van der Waals surface area (Å²) < 4.78 is 0. The van der Waals surface area contributed by atoms with Gasteiger partial charge >= 0.3 is 5.97 Å². The summed E-state index contributed by atoms with van der Waals surface area (Å²) in [4.78, 5) is 10.4. The Hall–Kier alpha value is -1.31. The van der Waals surface area contributed by atoms with E-state index in [1.807, 2.05) is 19.1 Å². The van der Waals surface area contributed by atoms with Crippen LogP contribution in [0, 0.1) is 23.7 Å². The Balaban J connectivity index is 2.47. The zero-order chi connectivity index (χ0) is 15.7. The lowest BCUT2D eigenvalue weighted by Crippen LogP contribution is -2.17. The zero-order valence-electron chi connectivity index (χ0n) is 12.7. The van der Waals surface area contributed by atoms with Crippen molar-refractivity contribution in [1.82, 2.24) is 0 Å². The van der Waals surface area contributed by atoms with E-state index in [9.17, 15) is 15.0 Å². The van der Waals surface area contributed by atoms with Crippen molar-refractivity contribution in [3.05, 3.63) is 12.2 Å². The molecule has 21 heavy (non-hydrogen) atoms. The lowest BCUT2D eigenvalue weighted by Gasteiger charge is -2.17. The van der Waals surface area contributed by atoms with Crippen LogP contribution < -0.4 is 0 Å². The SMILES string of the molecule is CCCC(O)/C=C/C1CCC(O)C1CC#CCCC(=O)O. The van der Waals surface area contributed by atoms with Crippen molar-refractivity contribution in [3.8, 4) is 11.8 Å². The number of hydrogen-bond acceptors (Lipinski definition) is 3. The molecule has 1 aliphatic carbocycles. The Bertz CT molecular complexity index is 405. The van der Waals surface area contributed by atoms with E-state index in [2.05, 4.69) is 11.8 Å². The lowest BCUT2D eigenvalue weighted by molar-refractivity contribution is -0.136. The average Bonchev–Trinajstić information content (AvgIpc) is 2.77. The maximum Gasteiger partial charge on any atom is 0.304 e. The topological polar surface area (TPSA) is 77.8 Å². The highest BCUT2D eigenvalue weighted by Crippen LogP contribution is 2.35. The molecule has 1 rings (SSSR count). The van der Waals surface area contributed by atoms with E-state index < -0.39 is 12.1 Å². The summed E-state index contributed by atoms with van der Waals surface area (Å²) >= 11 is 0. The molecule has 0 heterocycles. The normalized spacial score (nSPS) is 26.5. The number of aliphatic carboxylic acids is 1. The number of allylic oxidation sites excluding steroid dienone is 1. The third kappa shape index (κ3) is 6.79. The van der Waals surface area contributed by atoms with Gasteiger partial charge in [0.1, 0.15) is 0 Å². The summed E-state index contributed by atoms with van der Waals surface area (Å²) in [5.74, 6) is 5.34. The van der Waals surface area contributed by atoms with Gasteiger partial charge in [0, 0.05) is 18.8 Å². The highest BCUT2D eigenvalue weighted by atomic mass is 16.4. The van der Waals surface area contributed by atoms with Crippen molar-refractivity contribution < 1.29 is 20.1 Å². The number of carboxylic acid groups (broad SMARTS) is 1. The molecule has 118 valence electrons. The molecular formula is C17H26O4. The van der Waals surface area contributed by atoms with Gasteiger partial charge in [0.15, 0.2) is 0 Å². The molecule has 0 bridgehead atoms. The minimum Gasteiger partial charge on any atom is -0.481 e. The molecule has 1 fully saturated rings. The molecule has 0 aromatic carbocycles. The monoisotopic (exact) mass is 294 g/mol. The van der Waals surface area contributed by atoms with Crippen LogP contribution in [0.4, 0.5) is 0 Å². The summed E-state index contributed by atoms with van der Waals surface area (Å²) in [5.41, 5.74) is 0. The molecule has 1 aliphatic rings. The van der Waals surface area contributed by atoms with Gasteiger partial charge in [-0.15, -0.1) is 11.8 Å². The fourth-order valence-corrected chi connectivity index (χ4v) is 2.71. The number of hydrogen-bond donors (Lipinski definition) is 3. The fourth-order valence-electron chi connectivity index (χ4n) is 2.71. The highest BCUT2D eigenvalue weighted by Gasteiger charge is 2.32. The van der Waals surface area contributed by atoms with Crippen LogP contribution in [0.15, 0.2) is 12.2 Å². The number of aliphatic hydroxyl groups is 2. The predicted molar refractivity (Wildman–Crippen MR) is 81.5 cm³/mol. The second-order valence-corrected chi connectivity index (χ2v) is 5.66. The lowest BCUT2D eigenvalue weighted by atomic mass is 9.91. The third-order valence-electron chi connectivity index (χ3n) is 3.93. The maximum atomic E-state index is 10.4. The molecule has 0 aromatic heterocycles. The quantitative estimate of drug-likeness (QED) is 0.497. The first-order valence-electron chi connectivity index (χ1n) is 7.76. The number of carboxylic acids is 1. The van der Waals surface area contributed by atoms with E-state index >= 15 is 0 Å². The molecular weight excluding hydrogens is 268 g/mol. The fraction of sp³-hybridized carbons (Fsp3) is 0.706. The van der Waals surface area contributed by atoms with E-state index in [-0.39, 0.29) is 24.4 Å². The molecule has 0 aliphatic heterocycles. The van der Waals surface area contributed by atoms with E-state index in [0.29, 0.717) is 12.8 Å². The van der Waals surface area contributed by atoms with Crippen molar-refractivity contribution in [1.29, 1.82) is 0 Å². The van der Waals surface area contributed by atoms with Crippen LogP contribution in [0.1, 0.15) is 51.9 Å². The number of carbonyl (C=O) groups is 1. The van der Waals surface area contributed by atoms with Gasteiger partial charge in [-0.25, -0.2) is 0 Å². The Kier molecular flexibility index (Phi) is 8.11. The van der Waals surface area contributed by atoms with Crippen LogP contribution in [0.25, 0.3) is 0 Å². The van der Waals surface area contributed by atoms with Crippen LogP contribution in [-0.4, -0.2) is 33.5 Å². The van der Waals surface area contributed by atoms with Gasteiger partial charge in [-0.2, -0.15) is 0 Å². The molecule has 4 atom stereocenters. The van der Waals surface area contributed by atoms with E-state index in [1.165, 1.54) is 0 Å². The van der Waals surface area contributed by atoms with Gasteiger partial charge in [0.2, 0.25) is 0 Å². The number of aliphatic hydroxyl groups excluding tert-OH is 2. The molecule has 1 saturated carbocycles. The van der Waals surface area contributed by atoms with Crippen LogP contribution in [0.2, 0.25) is 0 Å². The van der Waals surface area contributed by atoms with E-state index in [4.69, 9.17) is 5.11 Å². The predicted octanol–water partition coefficient (Wildman–Crippen LogP) is 2.35. The molecule has 0 amide bonds. The van der Waals surface area contributed by atoms with E-state index in [1.54, 1.807) is 0 Å². The summed E-state index contributed by atoms with van der Waals surface area (Å²) in [6.45, 7) is 2.03. The molecule has 0 radical (unpaired) electrons. The van der Waals surface area contributed by atoms with Gasteiger partial charge in [-0.05, 0) is 25.2 Å². The maximum absolute atomic E-state index is 10.4. The molecule has 0 spiro atoms. The molecule has 0 aromatic rings. The summed E-state index contributed by atoms with van der Waals surface area (Å²) in [6, 6.07) is 0. The first-order valence-corrected chi connectivity index (χ1v) is 7.76. The van der Waals surface area contributed by atoms with Gasteiger partial charge in [0.25, 0.3) is 0 Å². The van der Waals surface area contributed by atoms with E-state index in [0.717, 1.165) is 25.7 Å². The zero-order valence-corrected chi connectivity index (χ0v) is 12.7. The summed E-state index contributed by atoms with van der Waals surface area (Å²) in [6.07, 6.45) is 7.46. The summed E-state index contributed by atoms with van der Waals surface area (Å²) in [7, 11) is 0. The van der Waals surface area contributed by atoms with Gasteiger partial charge in [0.05, 0.1) is 18.6 Å². The first kappa shape index (κ1) is 17.7. The molecule has 0 saturated heterocycles. The highest BCUT2D eigenvalue weighted by molar-refractivity contribution is 5.66. The Morgan fingerprint density at radius 1 is 1.38 bits per heavy atom. The molecule has 4 nitrogen and oxygen atoms in total. The molecule has 4 unspecified atom stereocenters. The van der Waals surface area contributed by atoms with Crippen LogP contribution in [-0.2, 0) is 4.79 Å². The van der Waals surface area contributed by atoms with Crippen molar-refractivity contribution in [2.45, 2.75) is 64.1 Å². The Labute approximate surface area is 126 Å². The van der Waals surface area contributed by atoms with Gasteiger partial charge < -0.3 is 15.3 Å². The van der Waals surface area contributed by atoms with Gasteiger partial charge in [-0.3, -0.25) is 4.79 Å².